The van der Waals surface area contributed by atoms with Gasteiger partial charge in [-0.25, -0.2) is 0 Å². The smallest absolute Gasteiger partial charge is 0.0457 e. The molecule has 0 saturated heterocycles. The van der Waals surface area contributed by atoms with Gasteiger partial charge in [0.2, 0.25) is 0 Å². The quantitative estimate of drug-likeness (QED) is 0.682. The summed E-state index contributed by atoms with van der Waals surface area (Å²) >= 11 is 0. The Morgan fingerprint density at radius 3 is 3.00 bits per heavy atom. The molecule has 0 fully saturated rings. The number of benzene rings is 1. The predicted molar refractivity (Wildman–Crippen MR) is 59.0 cm³/mol. The molecule has 0 bridgehead atoms. The van der Waals surface area contributed by atoms with E-state index in [-0.39, 0.29) is 0 Å². The first kappa shape index (κ1) is 9.24. The highest BCUT2D eigenvalue weighted by Gasteiger charge is 2.02. The molecule has 1 aromatic heterocycles. The van der Waals surface area contributed by atoms with Crippen LogP contribution in [0.4, 0.5) is 0 Å². The second-order valence-electron chi connectivity index (χ2n) is 3.43. The lowest BCUT2D eigenvalue weighted by molar-refractivity contribution is 0.823. The van der Waals surface area contributed by atoms with Gasteiger partial charge < -0.3 is 16.0 Å². The fourth-order valence-corrected chi connectivity index (χ4v) is 1.69. The molecule has 3 heteroatoms. The van der Waals surface area contributed by atoms with Gasteiger partial charge in [-0.15, -0.1) is 0 Å². The Bertz CT molecular complexity index is 431. The maximum Gasteiger partial charge on any atom is 0.0457 e. The zero-order chi connectivity index (χ0) is 9.97. The highest BCUT2D eigenvalue weighted by Crippen LogP contribution is 2.19. The molecule has 4 N–H and O–H groups in total. The second-order valence-corrected chi connectivity index (χ2v) is 3.43. The third-order valence-electron chi connectivity index (χ3n) is 2.43. The first-order valence-electron chi connectivity index (χ1n) is 4.78. The monoisotopic (exact) mass is 189 g/mol. The summed E-state index contributed by atoms with van der Waals surface area (Å²) in [4.78, 5) is 3.24. The molecular weight excluding hydrogens is 174 g/mol. The van der Waals surface area contributed by atoms with Crippen LogP contribution in [-0.2, 0) is 13.1 Å². The summed E-state index contributed by atoms with van der Waals surface area (Å²) in [5.74, 6) is 0. The summed E-state index contributed by atoms with van der Waals surface area (Å²) in [6.07, 6.45) is 2.04. The van der Waals surface area contributed by atoms with Crippen molar-refractivity contribution >= 4 is 10.9 Å². The highest BCUT2D eigenvalue weighted by molar-refractivity contribution is 5.83. The van der Waals surface area contributed by atoms with Crippen molar-refractivity contribution in [2.45, 2.75) is 13.1 Å². The maximum atomic E-state index is 5.61. The molecule has 0 aliphatic carbocycles. The Morgan fingerprint density at radius 1 is 1.43 bits per heavy atom. The third kappa shape index (κ3) is 1.52. The van der Waals surface area contributed by atoms with E-state index in [9.17, 15) is 0 Å². The van der Waals surface area contributed by atoms with Crippen LogP contribution < -0.4 is 11.1 Å². The van der Waals surface area contributed by atoms with Gasteiger partial charge >= 0.3 is 0 Å². The van der Waals surface area contributed by atoms with Crippen LogP contribution in [0.1, 0.15) is 11.1 Å². The standard InChI is InChI=1S/C11H15N3/c1-13-6-9-7-14-11-3-2-8(5-12)4-10(9)11/h2-4,7,13-14H,5-6,12H2,1H3. The molecule has 0 spiro atoms. The summed E-state index contributed by atoms with van der Waals surface area (Å²) in [5.41, 5.74) is 9.25. The van der Waals surface area contributed by atoms with E-state index in [0.717, 1.165) is 6.54 Å². The predicted octanol–water partition coefficient (Wildman–Crippen LogP) is 1.35. The second kappa shape index (κ2) is 3.82. The minimum Gasteiger partial charge on any atom is -0.361 e. The van der Waals surface area contributed by atoms with Crippen LogP contribution in [0.25, 0.3) is 10.9 Å². The molecule has 0 atom stereocenters. The zero-order valence-corrected chi connectivity index (χ0v) is 8.30. The lowest BCUT2D eigenvalue weighted by Gasteiger charge is -2.00. The highest BCUT2D eigenvalue weighted by atomic mass is 14.8. The van der Waals surface area contributed by atoms with Crippen molar-refractivity contribution in [3.05, 3.63) is 35.5 Å². The largest absolute Gasteiger partial charge is 0.361 e. The lowest BCUT2D eigenvalue weighted by Crippen LogP contribution is -2.04. The van der Waals surface area contributed by atoms with Crippen molar-refractivity contribution < 1.29 is 0 Å². The molecule has 2 aromatic rings. The molecule has 0 aliphatic rings. The van der Waals surface area contributed by atoms with Crippen molar-refractivity contribution in [3.63, 3.8) is 0 Å². The van der Waals surface area contributed by atoms with E-state index in [0.29, 0.717) is 6.54 Å². The molecule has 2 rings (SSSR count). The number of nitrogens with two attached hydrogens (primary N) is 1. The van der Waals surface area contributed by atoms with Gasteiger partial charge in [-0.1, -0.05) is 6.07 Å². The van der Waals surface area contributed by atoms with Crippen molar-refractivity contribution in [1.29, 1.82) is 0 Å². The van der Waals surface area contributed by atoms with Gasteiger partial charge in [-0.05, 0) is 30.3 Å². The SMILES string of the molecule is CNCc1c[nH]c2ccc(CN)cc12. The number of H-pyrrole nitrogens is 1. The molecule has 0 aliphatic heterocycles. The van der Waals surface area contributed by atoms with Crippen LogP contribution in [-0.4, -0.2) is 12.0 Å². The van der Waals surface area contributed by atoms with E-state index < -0.39 is 0 Å². The first-order chi connectivity index (χ1) is 6.85. The molecule has 0 amide bonds. The average molecular weight is 189 g/mol. The molecule has 1 heterocycles. The van der Waals surface area contributed by atoms with E-state index in [1.54, 1.807) is 0 Å². The Morgan fingerprint density at radius 2 is 2.29 bits per heavy atom. The minimum atomic E-state index is 0.597. The maximum absolute atomic E-state index is 5.61. The van der Waals surface area contributed by atoms with Crippen LogP contribution in [0.5, 0.6) is 0 Å². The fourth-order valence-electron chi connectivity index (χ4n) is 1.69. The summed E-state index contributed by atoms with van der Waals surface area (Å²) in [6.45, 7) is 1.48. The Hall–Kier alpha value is -1.32. The molecule has 74 valence electrons. The zero-order valence-electron chi connectivity index (χ0n) is 8.30. The van der Waals surface area contributed by atoms with Crippen LogP contribution in [0.2, 0.25) is 0 Å². The number of nitrogens with one attached hydrogen (secondary N) is 2. The number of aromatic nitrogens is 1. The van der Waals surface area contributed by atoms with Gasteiger partial charge in [0.25, 0.3) is 0 Å². The van der Waals surface area contributed by atoms with Crippen LogP contribution in [0, 0.1) is 0 Å². The number of rotatable bonds is 3. The van der Waals surface area contributed by atoms with Gasteiger partial charge in [-0.3, -0.25) is 0 Å². The molecule has 0 unspecified atom stereocenters. The Balaban J connectivity index is 2.52. The van der Waals surface area contributed by atoms with Crippen LogP contribution in [0.15, 0.2) is 24.4 Å². The van der Waals surface area contributed by atoms with Gasteiger partial charge in [0.05, 0.1) is 0 Å². The molecular formula is C11H15N3. The van der Waals surface area contributed by atoms with E-state index in [1.807, 2.05) is 13.2 Å². The topological polar surface area (TPSA) is 53.8 Å². The molecule has 1 aromatic carbocycles. The normalized spacial score (nSPS) is 11.0. The van der Waals surface area contributed by atoms with Crippen molar-refractivity contribution in [2.75, 3.05) is 7.05 Å². The summed E-state index contributed by atoms with van der Waals surface area (Å²) < 4.78 is 0. The van der Waals surface area contributed by atoms with Gasteiger partial charge in [0.15, 0.2) is 0 Å². The van der Waals surface area contributed by atoms with E-state index in [1.165, 1.54) is 22.0 Å². The average Bonchev–Trinajstić information content (AvgIpc) is 2.61. The molecule has 0 saturated carbocycles. The van der Waals surface area contributed by atoms with E-state index >= 15 is 0 Å². The minimum absolute atomic E-state index is 0.597. The van der Waals surface area contributed by atoms with Crippen molar-refractivity contribution in [3.8, 4) is 0 Å². The van der Waals surface area contributed by atoms with Crippen molar-refractivity contribution in [2.24, 2.45) is 5.73 Å². The number of aromatic amines is 1. The summed E-state index contributed by atoms with van der Waals surface area (Å²) in [6, 6.07) is 6.29. The Kier molecular flexibility index (Phi) is 2.52. The first-order valence-corrected chi connectivity index (χ1v) is 4.78. The number of hydrogen-bond donors (Lipinski definition) is 3. The Labute approximate surface area is 83.3 Å². The summed E-state index contributed by atoms with van der Waals surface area (Å²) in [5, 5.41) is 4.41. The van der Waals surface area contributed by atoms with Gasteiger partial charge in [0, 0.05) is 30.2 Å². The van der Waals surface area contributed by atoms with Crippen LogP contribution in [0.3, 0.4) is 0 Å². The third-order valence-corrected chi connectivity index (χ3v) is 2.43. The van der Waals surface area contributed by atoms with Gasteiger partial charge in [-0.2, -0.15) is 0 Å². The molecule has 0 radical (unpaired) electrons. The van der Waals surface area contributed by atoms with E-state index in [2.05, 4.69) is 28.5 Å². The number of fused-ring (bicyclic) bond motifs is 1. The molecule has 14 heavy (non-hydrogen) atoms. The molecule has 3 nitrogen and oxygen atoms in total. The number of hydrogen-bond acceptors (Lipinski definition) is 2. The van der Waals surface area contributed by atoms with Crippen molar-refractivity contribution in [1.82, 2.24) is 10.3 Å². The fraction of sp³-hybridized carbons (Fsp3) is 0.273. The summed E-state index contributed by atoms with van der Waals surface area (Å²) in [7, 11) is 1.95. The van der Waals surface area contributed by atoms with Crippen LogP contribution >= 0.6 is 0 Å². The lowest BCUT2D eigenvalue weighted by atomic mass is 10.1. The van der Waals surface area contributed by atoms with E-state index in [4.69, 9.17) is 5.73 Å². The van der Waals surface area contributed by atoms with Gasteiger partial charge in [0.1, 0.15) is 0 Å².